The summed E-state index contributed by atoms with van der Waals surface area (Å²) >= 11 is 1.86. The van der Waals surface area contributed by atoms with Crippen LogP contribution >= 0.6 is 11.3 Å². The molecule has 2 heterocycles. The van der Waals surface area contributed by atoms with Crippen molar-refractivity contribution in [3.63, 3.8) is 0 Å². The summed E-state index contributed by atoms with van der Waals surface area (Å²) in [5.41, 5.74) is 14.2. The molecule has 3 heteroatoms. The molecule has 0 unspecified atom stereocenters. The molecule has 2 aromatic heterocycles. The molecule has 0 amide bonds. The Kier molecular flexibility index (Phi) is 8.04. The Bertz CT molecular complexity index is 3220. The third-order valence-corrected chi connectivity index (χ3v) is 12.3. The zero-order valence-electron chi connectivity index (χ0n) is 31.1. The van der Waals surface area contributed by atoms with Crippen molar-refractivity contribution in [2.24, 2.45) is 0 Å². The first kappa shape index (κ1) is 33.2. The van der Waals surface area contributed by atoms with Gasteiger partial charge in [-0.2, -0.15) is 0 Å². The maximum absolute atomic E-state index is 2.45. The molecule has 2 nitrogen and oxygen atoms in total. The zero-order valence-corrected chi connectivity index (χ0v) is 31.9. The van der Waals surface area contributed by atoms with Crippen molar-refractivity contribution in [3.8, 4) is 39.1 Å². The van der Waals surface area contributed by atoms with Gasteiger partial charge in [0.15, 0.2) is 0 Å². The van der Waals surface area contributed by atoms with E-state index in [4.69, 9.17) is 0 Å². The van der Waals surface area contributed by atoms with Crippen molar-refractivity contribution in [1.82, 2.24) is 4.57 Å². The van der Waals surface area contributed by atoms with Gasteiger partial charge in [0.2, 0.25) is 0 Å². The number of thiophene rings is 1. The van der Waals surface area contributed by atoms with Crippen LogP contribution in [0, 0.1) is 0 Å². The monoisotopic (exact) mass is 744 g/mol. The number of hydrogen-bond acceptors (Lipinski definition) is 2. The molecule has 0 saturated carbocycles. The number of anilines is 3. The van der Waals surface area contributed by atoms with Gasteiger partial charge in [0.05, 0.1) is 16.7 Å². The highest BCUT2D eigenvalue weighted by atomic mass is 32.1. The molecular weight excluding hydrogens is 709 g/mol. The molecule has 11 rings (SSSR count). The minimum atomic E-state index is 1.10. The van der Waals surface area contributed by atoms with E-state index in [1.54, 1.807) is 0 Å². The molecule has 0 atom stereocenters. The average molecular weight is 745 g/mol. The molecular formula is C54H36N2S. The Hall–Kier alpha value is -7.20. The molecule has 11 aromatic rings. The fourth-order valence-electron chi connectivity index (χ4n) is 8.67. The van der Waals surface area contributed by atoms with Gasteiger partial charge in [0.25, 0.3) is 0 Å². The number of nitrogens with zero attached hydrogens (tertiary/aromatic N) is 2. The lowest BCUT2D eigenvalue weighted by Crippen LogP contribution is -2.10. The minimum absolute atomic E-state index is 1.10. The summed E-state index contributed by atoms with van der Waals surface area (Å²) in [6, 6.07) is 79.3. The van der Waals surface area contributed by atoms with Gasteiger partial charge in [-0.15, -0.1) is 11.3 Å². The topological polar surface area (TPSA) is 8.17 Å². The highest BCUT2D eigenvalue weighted by molar-refractivity contribution is 7.26. The lowest BCUT2D eigenvalue weighted by atomic mass is 9.93. The Labute approximate surface area is 335 Å². The Morgan fingerprint density at radius 1 is 0.351 bits per heavy atom. The second kappa shape index (κ2) is 13.8. The summed E-state index contributed by atoms with van der Waals surface area (Å²) in [5, 5.41) is 5.06. The zero-order chi connectivity index (χ0) is 37.7. The van der Waals surface area contributed by atoms with E-state index in [2.05, 4.69) is 228 Å². The van der Waals surface area contributed by atoms with E-state index in [9.17, 15) is 0 Å². The van der Waals surface area contributed by atoms with Crippen molar-refractivity contribution < 1.29 is 0 Å². The van der Waals surface area contributed by atoms with E-state index < -0.39 is 0 Å². The van der Waals surface area contributed by atoms with Crippen LogP contribution in [0.1, 0.15) is 0 Å². The highest BCUT2D eigenvalue weighted by Crippen LogP contribution is 2.47. The maximum Gasteiger partial charge on any atom is 0.0554 e. The Balaban J connectivity index is 1.12. The largest absolute Gasteiger partial charge is 0.310 e. The molecule has 0 fully saturated rings. The van der Waals surface area contributed by atoms with Gasteiger partial charge >= 0.3 is 0 Å². The van der Waals surface area contributed by atoms with Crippen LogP contribution in [0.2, 0.25) is 0 Å². The fourth-order valence-corrected chi connectivity index (χ4v) is 9.80. The van der Waals surface area contributed by atoms with E-state index in [0.29, 0.717) is 0 Å². The van der Waals surface area contributed by atoms with Crippen LogP contribution in [0.3, 0.4) is 0 Å². The molecule has 268 valence electrons. The summed E-state index contributed by atoms with van der Waals surface area (Å²) in [4.78, 5) is 2.45. The van der Waals surface area contributed by atoms with Crippen LogP contribution in [0.25, 0.3) is 81.0 Å². The number of rotatable bonds is 7. The van der Waals surface area contributed by atoms with E-state index >= 15 is 0 Å². The lowest BCUT2D eigenvalue weighted by Gasteiger charge is -2.28. The van der Waals surface area contributed by atoms with Gasteiger partial charge in [0.1, 0.15) is 0 Å². The summed E-state index contributed by atoms with van der Waals surface area (Å²) in [6.45, 7) is 0. The summed E-state index contributed by atoms with van der Waals surface area (Å²) in [5.74, 6) is 0. The van der Waals surface area contributed by atoms with Crippen LogP contribution in [0.4, 0.5) is 17.1 Å². The SMILES string of the molecule is c1ccc(-c2ccc(N(c3ccc(-c4cccc5c4c4ccccc4n5-c4ccccc4)cc3)c3cccc4sc5ccccc5c34)cc2-c2ccccc2)cc1. The molecule has 0 bridgehead atoms. The van der Waals surface area contributed by atoms with Gasteiger partial charge in [-0.1, -0.05) is 152 Å². The lowest BCUT2D eigenvalue weighted by molar-refractivity contribution is 1.18. The summed E-state index contributed by atoms with van der Waals surface area (Å²) < 4.78 is 4.96. The van der Waals surface area contributed by atoms with Gasteiger partial charge in [0, 0.05) is 48.0 Å². The van der Waals surface area contributed by atoms with Crippen molar-refractivity contribution in [1.29, 1.82) is 0 Å². The van der Waals surface area contributed by atoms with Crippen molar-refractivity contribution in [2.45, 2.75) is 0 Å². The van der Waals surface area contributed by atoms with Gasteiger partial charge in [-0.3, -0.25) is 0 Å². The maximum atomic E-state index is 2.45. The number of fused-ring (bicyclic) bond motifs is 6. The van der Waals surface area contributed by atoms with E-state index in [1.165, 1.54) is 75.4 Å². The van der Waals surface area contributed by atoms with Crippen molar-refractivity contribution >= 4 is 70.4 Å². The second-order valence-electron chi connectivity index (χ2n) is 14.5. The van der Waals surface area contributed by atoms with E-state index in [-0.39, 0.29) is 0 Å². The molecule has 0 spiro atoms. The third-order valence-electron chi connectivity index (χ3n) is 11.2. The Morgan fingerprint density at radius 2 is 0.930 bits per heavy atom. The molecule has 0 aliphatic carbocycles. The standard InChI is InChI=1S/C54H36N2S/c1-4-16-37(17-5-1)43-35-34-42(36-47(43)38-18-6-2-7-19-38)55(50-27-15-29-52-54(50)46-23-11-13-28-51(46)57-52)41-32-30-39(31-33-41)44-24-14-26-49-53(44)45-22-10-12-25-48(45)56(49)40-20-8-3-9-21-40/h1-36H. The fraction of sp³-hybridized carbons (Fsp3) is 0. The molecule has 0 aliphatic heterocycles. The minimum Gasteiger partial charge on any atom is -0.310 e. The molecule has 0 N–H and O–H groups in total. The van der Waals surface area contributed by atoms with Crippen LogP contribution < -0.4 is 4.90 Å². The number of aromatic nitrogens is 1. The van der Waals surface area contributed by atoms with Gasteiger partial charge < -0.3 is 9.47 Å². The predicted molar refractivity (Wildman–Crippen MR) is 245 cm³/mol. The van der Waals surface area contributed by atoms with Crippen LogP contribution in [0.15, 0.2) is 218 Å². The molecule has 9 aromatic carbocycles. The first-order valence-electron chi connectivity index (χ1n) is 19.4. The van der Waals surface area contributed by atoms with Crippen LogP contribution in [0.5, 0.6) is 0 Å². The predicted octanol–water partition coefficient (Wildman–Crippen LogP) is 15.6. The normalized spacial score (nSPS) is 11.5. The summed E-state index contributed by atoms with van der Waals surface area (Å²) in [7, 11) is 0. The first-order chi connectivity index (χ1) is 28.3. The molecule has 0 aliphatic rings. The van der Waals surface area contributed by atoms with Crippen LogP contribution in [-0.2, 0) is 0 Å². The molecule has 57 heavy (non-hydrogen) atoms. The Morgan fingerprint density at radius 3 is 1.70 bits per heavy atom. The number of hydrogen-bond donors (Lipinski definition) is 0. The van der Waals surface area contributed by atoms with Crippen LogP contribution in [-0.4, -0.2) is 4.57 Å². The van der Waals surface area contributed by atoms with E-state index in [0.717, 1.165) is 22.7 Å². The van der Waals surface area contributed by atoms with Crippen molar-refractivity contribution in [3.05, 3.63) is 218 Å². The van der Waals surface area contributed by atoms with E-state index in [1.807, 2.05) is 11.3 Å². The third kappa shape index (κ3) is 5.63. The smallest absolute Gasteiger partial charge is 0.0554 e. The second-order valence-corrected chi connectivity index (χ2v) is 15.6. The first-order valence-corrected chi connectivity index (χ1v) is 20.3. The summed E-state index contributed by atoms with van der Waals surface area (Å²) in [6.07, 6.45) is 0. The number of para-hydroxylation sites is 2. The van der Waals surface area contributed by atoms with Gasteiger partial charge in [-0.05, 0) is 100 Å². The average Bonchev–Trinajstić information content (AvgIpc) is 3.84. The molecule has 0 radical (unpaired) electrons. The highest BCUT2D eigenvalue weighted by Gasteiger charge is 2.21. The number of benzene rings is 9. The quantitative estimate of drug-likeness (QED) is 0.158. The van der Waals surface area contributed by atoms with Crippen molar-refractivity contribution in [2.75, 3.05) is 4.90 Å². The van der Waals surface area contributed by atoms with Gasteiger partial charge in [-0.25, -0.2) is 0 Å². The molecule has 0 saturated heterocycles.